The molecule has 156 valence electrons. The minimum atomic E-state index is -0.128. The summed E-state index contributed by atoms with van der Waals surface area (Å²) in [4.78, 5) is 4.30. The van der Waals surface area contributed by atoms with Crippen LogP contribution in [0.25, 0.3) is 0 Å². The van der Waals surface area contributed by atoms with Crippen LogP contribution in [0.5, 0.6) is 11.5 Å². The Hall–Kier alpha value is -2.03. The van der Waals surface area contributed by atoms with E-state index < -0.39 is 0 Å². The summed E-state index contributed by atoms with van der Waals surface area (Å²) in [5.41, 5.74) is 1.75. The van der Waals surface area contributed by atoms with Crippen LogP contribution in [0.15, 0.2) is 47.5 Å². The molecule has 5 nitrogen and oxygen atoms in total. The van der Waals surface area contributed by atoms with Gasteiger partial charge in [-0.15, -0.1) is 24.0 Å². The predicted octanol–water partition coefficient (Wildman–Crippen LogP) is 4.00. The maximum absolute atomic E-state index is 14.2. The lowest BCUT2D eigenvalue weighted by molar-refractivity contribution is 0.297. The number of hydrogen-bond donors (Lipinski definition) is 2. The fourth-order valence-corrected chi connectivity index (χ4v) is 3.56. The number of ether oxygens (including phenoxy) is 2. The Morgan fingerprint density at radius 3 is 2.55 bits per heavy atom. The second-order valence-corrected chi connectivity index (χ2v) is 7.37. The highest BCUT2D eigenvalue weighted by Gasteiger charge is 2.45. The normalized spacial score (nSPS) is 17.0. The molecule has 1 fully saturated rings. The molecule has 0 radical (unpaired) electrons. The van der Waals surface area contributed by atoms with E-state index in [0.717, 1.165) is 41.9 Å². The van der Waals surface area contributed by atoms with Crippen LogP contribution in [0.2, 0.25) is 0 Å². The predicted molar refractivity (Wildman–Crippen MR) is 123 cm³/mol. The first kappa shape index (κ1) is 21.7. The Morgan fingerprint density at radius 1 is 1.07 bits per heavy atom. The average Bonchev–Trinajstić information content (AvgIpc) is 3.52. The molecule has 2 aromatic carbocycles. The number of nitrogens with zero attached hydrogens (tertiary/aromatic N) is 1. The third kappa shape index (κ3) is 5.12. The second kappa shape index (κ2) is 9.65. The molecule has 0 unspecified atom stereocenters. The Morgan fingerprint density at radius 2 is 1.83 bits per heavy atom. The molecule has 2 N–H and O–H groups in total. The summed E-state index contributed by atoms with van der Waals surface area (Å²) in [6.45, 7) is 2.63. The largest absolute Gasteiger partial charge is 0.490 e. The fraction of sp³-hybridized carbons (Fsp3) is 0.409. The van der Waals surface area contributed by atoms with Crippen molar-refractivity contribution in [3.63, 3.8) is 0 Å². The van der Waals surface area contributed by atoms with E-state index in [9.17, 15) is 4.39 Å². The lowest BCUT2D eigenvalue weighted by Gasteiger charge is -2.19. The molecule has 2 aliphatic rings. The molecular formula is C22H27FIN3O2. The van der Waals surface area contributed by atoms with E-state index in [0.29, 0.717) is 32.3 Å². The molecule has 0 amide bonds. The number of fused-ring (bicyclic) bond motifs is 1. The third-order valence-electron chi connectivity index (χ3n) is 5.39. The van der Waals surface area contributed by atoms with Gasteiger partial charge < -0.3 is 20.1 Å². The summed E-state index contributed by atoms with van der Waals surface area (Å²) in [5.74, 6) is 2.16. The van der Waals surface area contributed by atoms with Crippen molar-refractivity contribution >= 4 is 29.9 Å². The average molecular weight is 511 g/mol. The zero-order valence-corrected chi connectivity index (χ0v) is 18.9. The van der Waals surface area contributed by atoms with Gasteiger partial charge in [-0.2, -0.15) is 0 Å². The number of nitrogens with one attached hydrogen (secondary N) is 2. The van der Waals surface area contributed by atoms with Crippen LogP contribution in [-0.4, -0.2) is 32.8 Å². The highest BCUT2D eigenvalue weighted by molar-refractivity contribution is 14.0. The van der Waals surface area contributed by atoms with Crippen LogP contribution >= 0.6 is 24.0 Å². The molecule has 7 heteroatoms. The molecule has 4 rings (SSSR count). The molecule has 2 aromatic rings. The van der Waals surface area contributed by atoms with Gasteiger partial charge in [-0.25, -0.2) is 4.39 Å². The zero-order chi connectivity index (χ0) is 19.4. The summed E-state index contributed by atoms with van der Waals surface area (Å²) in [6, 6.07) is 13.0. The first-order chi connectivity index (χ1) is 13.7. The van der Waals surface area contributed by atoms with E-state index >= 15 is 0 Å². The van der Waals surface area contributed by atoms with E-state index in [1.165, 1.54) is 6.07 Å². The van der Waals surface area contributed by atoms with Crippen LogP contribution in [0.4, 0.5) is 4.39 Å². The van der Waals surface area contributed by atoms with Gasteiger partial charge in [-0.05, 0) is 42.2 Å². The summed E-state index contributed by atoms with van der Waals surface area (Å²) in [7, 11) is 1.74. The quantitative estimate of drug-likeness (QED) is 0.362. The van der Waals surface area contributed by atoms with E-state index in [-0.39, 0.29) is 35.2 Å². The fourth-order valence-electron chi connectivity index (χ4n) is 3.56. The number of guanidine groups is 1. The van der Waals surface area contributed by atoms with Gasteiger partial charge in [0, 0.05) is 32.0 Å². The van der Waals surface area contributed by atoms with Crippen LogP contribution in [0.1, 0.15) is 30.4 Å². The maximum atomic E-state index is 14.2. The van der Waals surface area contributed by atoms with Gasteiger partial charge in [-0.3, -0.25) is 4.99 Å². The molecule has 0 bridgehead atoms. The number of aliphatic imine (C=N–C) groups is 1. The molecule has 29 heavy (non-hydrogen) atoms. The van der Waals surface area contributed by atoms with Crippen molar-refractivity contribution in [1.29, 1.82) is 0 Å². The molecule has 1 heterocycles. The minimum absolute atomic E-state index is 0. The highest BCUT2D eigenvalue weighted by atomic mass is 127. The standard InChI is InChI=1S/C22H26FN3O2.HI/c1-24-21(26-15-22(9-10-22)17-5-2-3-6-18(17)23)25-14-16-7-8-19-20(13-16)28-12-4-11-27-19;/h2-3,5-8,13H,4,9-12,14-15H2,1H3,(H2,24,25,26);1H. The van der Waals surface area contributed by atoms with Gasteiger partial charge in [0.25, 0.3) is 0 Å². The monoisotopic (exact) mass is 511 g/mol. The molecule has 0 atom stereocenters. The van der Waals surface area contributed by atoms with Gasteiger partial charge in [0.15, 0.2) is 17.5 Å². The Balaban J connectivity index is 0.00000240. The lowest BCUT2D eigenvalue weighted by atomic mass is 9.95. The van der Waals surface area contributed by atoms with Gasteiger partial charge in [0.2, 0.25) is 0 Å². The van der Waals surface area contributed by atoms with E-state index in [4.69, 9.17) is 9.47 Å². The van der Waals surface area contributed by atoms with Crippen LogP contribution in [0, 0.1) is 5.82 Å². The molecule has 0 saturated heterocycles. The molecule has 0 spiro atoms. The summed E-state index contributed by atoms with van der Waals surface area (Å²) < 4.78 is 25.6. The third-order valence-corrected chi connectivity index (χ3v) is 5.39. The summed E-state index contributed by atoms with van der Waals surface area (Å²) >= 11 is 0. The van der Waals surface area contributed by atoms with Crippen molar-refractivity contribution in [2.75, 3.05) is 26.8 Å². The first-order valence-corrected chi connectivity index (χ1v) is 9.78. The van der Waals surface area contributed by atoms with Gasteiger partial charge in [0.1, 0.15) is 5.82 Å². The molecule has 1 aliphatic heterocycles. The van der Waals surface area contributed by atoms with Crippen molar-refractivity contribution in [1.82, 2.24) is 10.6 Å². The summed E-state index contributed by atoms with van der Waals surface area (Å²) in [6.07, 6.45) is 2.86. The van der Waals surface area contributed by atoms with Crippen LogP contribution in [0.3, 0.4) is 0 Å². The van der Waals surface area contributed by atoms with Crippen molar-refractivity contribution in [3.05, 3.63) is 59.4 Å². The van der Waals surface area contributed by atoms with Gasteiger partial charge in [0.05, 0.1) is 13.2 Å². The molecule has 0 aromatic heterocycles. The van der Waals surface area contributed by atoms with E-state index in [2.05, 4.69) is 15.6 Å². The molecule has 1 saturated carbocycles. The minimum Gasteiger partial charge on any atom is -0.490 e. The Labute approximate surface area is 188 Å². The molecule has 1 aliphatic carbocycles. The smallest absolute Gasteiger partial charge is 0.191 e. The number of halogens is 2. The van der Waals surface area contributed by atoms with Gasteiger partial charge >= 0.3 is 0 Å². The van der Waals surface area contributed by atoms with Crippen LogP contribution in [-0.2, 0) is 12.0 Å². The van der Waals surface area contributed by atoms with Crippen molar-refractivity contribution < 1.29 is 13.9 Å². The van der Waals surface area contributed by atoms with Crippen LogP contribution < -0.4 is 20.1 Å². The van der Waals surface area contributed by atoms with Crippen molar-refractivity contribution in [2.45, 2.75) is 31.2 Å². The van der Waals surface area contributed by atoms with Crippen molar-refractivity contribution in [3.8, 4) is 11.5 Å². The highest BCUT2D eigenvalue weighted by Crippen LogP contribution is 2.48. The second-order valence-electron chi connectivity index (χ2n) is 7.37. The number of hydrogen-bond acceptors (Lipinski definition) is 3. The van der Waals surface area contributed by atoms with E-state index in [1.54, 1.807) is 13.1 Å². The number of rotatable bonds is 5. The topological polar surface area (TPSA) is 54.9 Å². The maximum Gasteiger partial charge on any atom is 0.191 e. The van der Waals surface area contributed by atoms with E-state index in [1.807, 2.05) is 30.3 Å². The Kier molecular flexibility index (Phi) is 7.21. The Bertz CT molecular complexity index is 871. The lowest BCUT2D eigenvalue weighted by Crippen LogP contribution is -2.41. The SMILES string of the molecule is CN=C(NCc1ccc2c(c1)OCCCO2)NCC1(c2ccccc2F)CC1.I. The first-order valence-electron chi connectivity index (χ1n) is 9.78. The van der Waals surface area contributed by atoms with Gasteiger partial charge in [-0.1, -0.05) is 24.3 Å². The van der Waals surface area contributed by atoms with Crippen molar-refractivity contribution in [2.24, 2.45) is 4.99 Å². The summed E-state index contributed by atoms with van der Waals surface area (Å²) in [5, 5.41) is 6.68. The zero-order valence-electron chi connectivity index (χ0n) is 16.5. The number of benzene rings is 2. The molecular weight excluding hydrogens is 484 g/mol.